The minimum Gasteiger partial charge on any atom is -0.481 e. The van der Waals surface area contributed by atoms with E-state index >= 15 is 0 Å². The van der Waals surface area contributed by atoms with Crippen molar-refractivity contribution in [2.24, 2.45) is 0 Å². The molecule has 0 aliphatic carbocycles. The number of carbonyl (C=O) groups excluding carboxylic acids is 1. The highest BCUT2D eigenvalue weighted by Gasteiger charge is 2.10. The summed E-state index contributed by atoms with van der Waals surface area (Å²) in [5.41, 5.74) is 3.75. The molecule has 140 valence electrons. The van der Waals surface area contributed by atoms with Gasteiger partial charge in [-0.25, -0.2) is 0 Å². The molecule has 0 radical (unpaired) electrons. The van der Waals surface area contributed by atoms with E-state index in [1.54, 1.807) is 6.20 Å². The third kappa shape index (κ3) is 4.37. The molecule has 0 fully saturated rings. The number of carbonyl (C=O) groups is 1. The molecule has 0 unspecified atom stereocenters. The Morgan fingerprint density at radius 2 is 1.89 bits per heavy atom. The first-order valence-electron chi connectivity index (χ1n) is 9.24. The minimum atomic E-state index is -0.193. The summed E-state index contributed by atoms with van der Waals surface area (Å²) in [7, 11) is 0. The number of hydrogen-bond donors (Lipinski definition) is 1. The summed E-state index contributed by atoms with van der Waals surface area (Å²) in [5, 5.41) is 3.91. The number of para-hydroxylation sites is 1. The van der Waals surface area contributed by atoms with E-state index in [2.05, 4.69) is 35.1 Å². The van der Waals surface area contributed by atoms with Crippen LogP contribution in [0.25, 0.3) is 10.9 Å². The maximum absolute atomic E-state index is 12.3. The molecule has 27 heavy (non-hydrogen) atoms. The zero-order valence-electron chi connectivity index (χ0n) is 16.0. The second kappa shape index (κ2) is 8.54. The van der Waals surface area contributed by atoms with Crippen LogP contribution in [0.1, 0.15) is 19.4 Å². The number of nitrogens with zero attached hydrogens (tertiary/aromatic N) is 2. The van der Waals surface area contributed by atoms with Gasteiger partial charge in [-0.15, -0.1) is 0 Å². The first-order valence-corrected chi connectivity index (χ1v) is 9.24. The molecule has 5 heteroatoms. The lowest BCUT2D eigenvalue weighted by molar-refractivity contribution is -0.118. The van der Waals surface area contributed by atoms with Gasteiger partial charge in [0.2, 0.25) is 0 Å². The number of ether oxygens (including phenoxy) is 1. The Bertz CT molecular complexity index is 930. The molecular weight excluding hydrogens is 338 g/mol. The summed E-state index contributed by atoms with van der Waals surface area (Å²) in [6.45, 7) is 8.11. The zero-order valence-corrected chi connectivity index (χ0v) is 16.0. The van der Waals surface area contributed by atoms with Crippen LogP contribution in [0.15, 0.2) is 54.7 Å². The average molecular weight is 363 g/mol. The predicted octanol–water partition coefficient (Wildman–Crippen LogP) is 4.41. The lowest BCUT2D eigenvalue weighted by atomic mass is 10.1. The Balaban J connectivity index is 1.65. The fourth-order valence-electron chi connectivity index (χ4n) is 3.10. The Kier molecular flexibility index (Phi) is 5.91. The van der Waals surface area contributed by atoms with Gasteiger partial charge in [0.15, 0.2) is 6.61 Å². The van der Waals surface area contributed by atoms with Gasteiger partial charge in [-0.3, -0.25) is 9.78 Å². The summed E-state index contributed by atoms with van der Waals surface area (Å²) >= 11 is 0. The van der Waals surface area contributed by atoms with Crippen LogP contribution in [0.5, 0.6) is 5.75 Å². The number of aryl methyl sites for hydroxylation is 1. The second-order valence-corrected chi connectivity index (χ2v) is 6.34. The van der Waals surface area contributed by atoms with Crippen LogP contribution in [0.2, 0.25) is 0 Å². The van der Waals surface area contributed by atoms with Gasteiger partial charge in [-0.2, -0.15) is 0 Å². The van der Waals surface area contributed by atoms with E-state index < -0.39 is 0 Å². The Hall–Kier alpha value is -3.08. The van der Waals surface area contributed by atoms with Crippen LogP contribution in [-0.2, 0) is 4.79 Å². The maximum Gasteiger partial charge on any atom is 0.262 e. The summed E-state index contributed by atoms with van der Waals surface area (Å²) < 4.78 is 5.71. The largest absolute Gasteiger partial charge is 0.481 e. The normalized spacial score (nSPS) is 10.6. The number of nitrogens with one attached hydrogen (secondary N) is 1. The van der Waals surface area contributed by atoms with Crippen molar-refractivity contribution in [3.63, 3.8) is 0 Å². The standard InChI is InChI=1S/C22H25N3O2/c1-4-25(5-2)18-11-12-19(16(3)14-18)24-21(26)15-27-20-10-6-8-17-9-7-13-23-22(17)20/h6-14H,4-5,15H2,1-3H3,(H,24,26). The molecule has 0 saturated heterocycles. The highest BCUT2D eigenvalue weighted by atomic mass is 16.5. The molecule has 5 nitrogen and oxygen atoms in total. The van der Waals surface area contributed by atoms with E-state index in [0.29, 0.717) is 5.75 Å². The van der Waals surface area contributed by atoms with Crippen molar-refractivity contribution >= 4 is 28.2 Å². The highest BCUT2D eigenvalue weighted by Crippen LogP contribution is 2.24. The third-order valence-electron chi connectivity index (χ3n) is 4.57. The monoisotopic (exact) mass is 363 g/mol. The first-order chi connectivity index (χ1) is 13.1. The third-order valence-corrected chi connectivity index (χ3v) is 4.57. The van der Waals surface area contributed by atoms with E-state index in [1.807, 2.05) is 49.4 Å². The van der Waals surface area contributed by atoms with Crippen LogP contribution >= 0.6 is 0 Å². The molecule has 0 bridgehead atoms. The molecular formula is C22H25N3O2. The van der Waals surface area contributed by atoms with Crippen LogP contribution in [-0.4, -0.2) is 30.6 Å². The van der Waals surface area contributed by atoms with Gasteiger partial charge >= 0.3 is 0 Å². The van der Waals surface area contributed by atoms with Gasteiger partial charge in [0.1, 0.15) is 11.3 Å². The number of rotatable bonds is 7. The summed E-state index contributed by atoms with van der Waals surface area (Å²) in [4.78, 5) is 18.9. The maximum atomic E-state index is 12.3. The predicted molar refractivity (Wildman–Crippen MR) is 111 cm³/mol. The van der Waals surface area contributed by atoms with Crippen LogP contribution in [0.4, 0.5) is 11.4 Å². The van der Waals surface area contributed by atoms with Crippen molar-refractivity contribution in [3.8, 4) is 5.75 Å². The van der Waals surface area contributed by atoms with Crippen molar-refractivity contribution in [2.45, 2.75) is 20.8 Å². The van der Waals surface area contributed by atoms with Gasteiger partial charge in [0.05, 0.1) is 0 Å². The smallest absolute Gasteiger partial charge is 0.262 e. The molecule has 3 rings (SSSR count). The summed E-state index contributed by atoms with van der Waals surface area (Å²) in [6, 6.07) is 15.6. The fourth-order valence-corrected chi connectivity index (χ4v) is 3.10. The molecule has 0 spiro atoms. The lowest BCUT2D eigenvalue weighted by Gasteiger charge is -2.22. The van der Waals surface area contributed by atoms with Gasteiger partial charge in [-0.1, -0.05) is 18.2 Å². The Labute approximate surface area is 160 Å². The van der Waals surface area contributed by atoms with E-state index in [-0.39, 0.29) is 12.5 Å². The van der Waals surface area contributed by atoms with Crippen molar-refractivity contribution in [1.82, 2.24) is 4.98 Å². The van der Waals surface area contributed by atoms with Crippen LogP contribution in [0.3, 0.4) is 0 Å². The summed E-state index contributed by atoms with van der Waals surface area (Å²) in [5.74, 6) is 0.415. The van der Waals surface area contributed by atoms with Crippen molar-refractivity contribution in [3.05, 3.63) is 60.3 Å². The molecule has 1 N–H and O–H groups in total. The number of fused-ring (bicyclic) bond motifs is 1. The van der Waals surface area contributed by atoms with E-state index in [9.17, 15) is 4.79 Å². The molecule has 0 aliphatic heterocycles. The Morgan fingerprint density at radius 3 is 2.63 bits per heavy atom. The number of aromatic nitrogens is 1. The lowest BCUT2D eigenvalue weighted by Crippen LogP contribution is -2.23. The van der Waals surface area contributed by atoms with Crippen molar-refractivity contribution < 1.29 is 9.53 Å². The first kappa shape index (κ1) is 18.7. The van der Waals surface area contributed by atoms with Crippen LogP contribution in [0, 0.1) is 6.92 Å². The fraction of sp³-hybridized carbons (Fsp3) is 0.273. The van der Waals surface area contributed by atoms with Crippen molar-refractivity contribution in [1.29, 1.82) is 0 Å². The highest BCUT2D eigenvalue weighted by molar-refractivity contribution is 5.93. The molecule has 1 amide bonds. The molecule has 1 aromatic heterocycles. The molecule has 0 aliphatic rings. The quantitative estimate of drug-likeness (QED) is 0.676. The number of amides is 1. The van der Waals surface area contributed by atoms with Gasteiger partial charge in [0, 0.05) is 36.0 Å². The molecule has 1 heterocycles. The summed E-state index contributed by atoms with van der Waals surface area (Å²) in [6.07, 6.45) is 1.72. The van der Waals surface area contributed by atoms with Gasteiger partial charge < -0.3 is 15.0 Å². The molecule has 3 aromatic rings. The van der Waals surface area contributed by atoms with E-state index in [4.69, 9.17) is 4.74 Å². The number of benzene rings is 2. The van der Waals surface area contributed by atoms with Gasteiger partial charge in [0.25, 0.3) is 5.91 Å². The van der Waals surface area contributed by atoms with E-state index in [0.717, 1.165) is 40.9 Å². The molecule has 0 atom stereocenters. The molecule has 2 aromatic carbocycles. The minimum absolute atomic E-state index is 0.0626. The average Bonchev–Trinajstić information content (AvgIpc) is 2.69. The van der Waals surface area contributed by atoms with E-state index in [1.165, 1.54) is 0 Å². The second-order valence-electron chi connectivity index (χ2n) is 6.34. The topological polar surface area (TPSA) is 54.5 Å². The number of hydrogen-bond acceptors (Lipinski definition) is 4. The van der Waals surface area contributed by atoms with Crippen molar-refractivity contribution in [2.75, 3.05) is 29.9 Å². The molecule has 0 saturated carbocycles. The SMILES string of the molecule is CCN(CC)c1ccc(NC(=O)COc2cccc3cccnc23)c(C)c1. The van der Waals surface area contributed by atoms with Gasteiger partial charge in [-0.05, 0) is 56.7 Å². The Morgan fingerprint density at radius 1 is 1.11 bits per heavy atom. The zero-order chi connectivity index (χ0) is 19.2. The number of pyridine rings is 1. The van der Waals surface area contributed by atoms with Crippen LogP contribution < -0.4 is 15.0 Å². The number of anilines is 2.